The molecule has 112 valence electrons. The molecule has 2 aromatic heterocycles. The summed E-state index contributed by atoms with van der Waals surface area (Å²) in [6.45, 7) is 6.90. The number of rotatable bonds is 2. The van der Waals surface area contributed by atoms with Crippen LogP contribution in [-0.4, -0.2) is 11.1 Å². The maximum Gasteiger partial charge on any atom is 0.266 e. The topological polar surface area (TPSA) is 55.1 Å². The highest BCUT2D eigenvalue weighted by Crippen LogP contribution is 2.40. The molecule has 0 saturated carbocycles. The van der Waals surface area contributed by atoms with Gasteiger partial charge in [-0.15, -0.1) is 11.3 Å². The van der Waals surface area contributed by atoms with Crippen LogP contribution in [0.15, 0.2) is 22.9 Å². The van der Waals surface area contributed by atoms with Crippen molar-refractivity contribution in [2.75, 3.05) is 5.32 Å². The molecule has 21 heavy (non-hydrogen) atoms. The number of fused-ring (bicyclic) bond motifs is 1. The lowest BCUT2D eigenvalue weighted by Gasteiger charge is -2.33. The van der Waals surface area contributed by atoms with Gasteiger partial charge in [-0.05, 0) is 42.2 Å². The molecule has 2 heterocycles. The average Bonchev–Trinajstić information content (AvgIpc) is 3.04. The summed E-state index contributed by atoms with van der Waals surface area (Å²) >= 11 is 1.61. The molecule has 1 N–H and O–H groups in total. The lowest BCUT2D eigenvalue weighted by Crippen LogP contribution is -2.26. The number of carbonyl (C=O) groups excluding carboxylic acids is 1. The van der Waals surface area contributed by atoms with Crippen molar-refractivity contribution in [3.63, 3.8) is 0 Å². The lowest BCUT2D eigenvalue weighted by molar-refractivity contribution is 0.102. The number of carbonyl (C=O) groups is 1. The van der Waals surface area contributed by atoms with Crippen molar-refractivity contribution >= 4 is 23.1 Å². The van der Waals surface area contributed by atoms with E-state index in [0.29, 0.717) is 17.2 Å². The van der Waals surface area contributed by atoms with Gasteiger partial charge in [0.1, 0.15) is 6.26 Å². The molecule has 4 nitrogen and oxygen atoms in total. The Morgan fingerprint density at radius 1 is 1.48 bits per heavy atom. The Morgan fingerprint density at radius 3 is 2.95 bits per heavy atom. The molecule has 1 atom stereocenters. The largest absolute Gasteiger partial charge is 0.363 e. The van der Waals surface area contributed by atoms with Crippen molar-refractivity contribution in [2.24, 2.45) is 11.3 Å². The molecule has 2 aromatic rings. The van der Waals surface area contributed by atoms with Crippen LogP contribution < -0.4 is 5.32 Å². The molecule has 0 fully saturated rings. The Labute approximate surface area is 128 Å². The molecule has 1 unspecified atom stereocenters. The molecule has 1 aliphatic rings. The number of anilines is 1. The van der Waals surface area contributed by atoms with E-state index in [1.54, 1.807) is 17.4 Å². The number of nitrogens with zero attached hydrogens (tertiary/aromatic N) is 1. The van der Waals surface area contributed by atoms with Gasteiger partial charge in [0.25, 0.3) is 5.91 Å². The van der Waals surface area contributed by atoms with Crippen molar-refractivity contribution in [3.05, 3.63) is 33.7 Å². The monoisotopic (exact) mass is 304 g/mol. The molecular weight excluding hydrogens is 284 g/mol. The van der Waals surface area contributed by atoms with E-state index in [2.05, 4.69) is 31.2 Å². The second kappa shape index (κ2) is 5.30. The van der Waals surface area contributed by atoms with E-state index < -0.39 is 0 Å². The smallest absolute Gasteiger partial charge is 0.266 e. The van der Waals surface area contributed by atoms with Gasteiger partial charge in [-0.3, -0.25) is 4.79 Å². The summed E-state index contributed by atoms with van der Waals surface area (Å²) in [6, 6.07) is 3.69. The van der Waals surface area contributed by atoms with Crippen LogP contribution in [0.2, 0.25) is 0 Å². The maximum atomic E-state index is 12.2. The number of amides is 1. The normalized spacial score (nSPS) is 18.3. The third-order valence-electron chi connectivity index (χ3n) is 4.21. The minimum absolute atomic E-state index is 0.101. The van der Waals surface area contributed by atoms with E-state index in [1.807, 2.05) is 6.07 Å². The van der Waals surface area contributed by atoms with Gasteiger partial charge in [0.05, 0.1) is 4.88 Å². The van der Waals surface area contributed by atoms with Crippen molar-refractivity contribution in [2.45, 2.75) is 40.0 Å². The van der Waals surface area contributed by atoms with Crippen molar-refractivity contribution in [3.8, 4) is 0 Å². The van der Waals surface area contributed by atoms with E-state index in [4.69, 9.17) is 4.52 Å². The van der Waals surface area contributed by atoms with E-state index in [0.717, 1.165) is 17.7 Å². The molecular formula is C16H20N2O2S. The molecule has 0 aliphatic heterocycles. The number of aryl methyl sites for hydroxylation is 1. The third-order valence-corrected chi connectivity index (χ3v) is 5.45. The first-order chi connectivity index (χ1) is 9.93. The predicted molar refractivity (Wildman–Crippen MR) is 83.7 cm³/mol. The first-order valence-corrected chi connectivity index (χ1v) is 8.08. The third kappa shape index (κ3) is 3.02. The Hall–Kier alpha value is -1.62. The van der Waals surface area contributed by atoms with Crippen molar-refractivity contribution in [1.82, 2.24) is 5.16 Å². The summed E-state index contributed by atoms with van der Waals surface area (Å²) in [6.07, 6.45) is 4.82. The standard InChI is InChI=1S/C16H20N2O2S/c1-16(2,3)11-4-5-12-10(8-11)9-13(21-12)15(19)17-14-6-7-20-18-14/h6-7,9,11H,4-5,8H2,1-3H3,(H,17,18,19). The Morgan fingerprint density at radius 2 is 2.29 bits per heavy atom. The minimum atomic E-state index is -0.101. The van der Waals surface area contributed by atoms with Gasteiger partial charge >= 0.3 is 0 Å². The van der Waals surface area contributed by atoms with Crippen LogP contribution in [0, 0.1) is 11.3 Å². The highest BCUT2D eigenvalue weighted by molar-refractivity contribution is 7.14. The number of hydrogen-bond acceptors (Lipinski definition) is 4. The molecule has 5 heteroatoms. The fraction of sp³-hybridized carbons (Fsp3) is 0.500. The Kier molecular flexibility index (Phi) is 3.61. The Balaban J connectivity index is 1.76. The summed E-state index contributed by atoms with van der Waals surface area (Å²) in [5.41, 5.74) is 1.67. The van der Waals surface area contributed by atoms with Crippen LogP contribution in [0.1, 0.15) is 47.3 Å². The lowest BCUT2D eigenvalue weighted by atomic mass is 9.72. The summed E-state index contributed by atoms with van der Waals surface area (Å²) in [7, 11) is 0. The fourth-order valence-corrected chi connectivity index (χ4v) is 3.93. The van der Waals surface area contributed by atoms with Gasteiger partial charge in [-0.1, -0.05) is 25.9 Å². The van der Waals surface area contributed by atoms with Crippen LogP contribution in [0.25, 0.3) is 0 Å². The molecule has 0 aromatic carbocycles. The first-order valence-electron chi connectivity index (χ1n) is 7.27. The number of nitrogens with one attached hydrogen (secondary N) is 1. The summed E-state index contributed by atoms with van der Waals surface area (Å²) in [4.78, 5) is 14.3. The average molecular weight is 304 g/mol. The van der Waals surface area contributed by atoms with Crippen molar-refractivity contribution < 1.29 is 9.32 Å². The summed E-state index contributed by atoms with van der Waals surface area (Å²) in [5, 5.41) is 6.46. The molecule has 1 amide bonds. The second-order valence-electron chi connectivity index (χ2n) is 6.70. The van der Waals surface area contributed by atoms with Gasteiger partial charge in [-0.25, -0.2) is 0 Å². The number of aromatic nitrogens is 1. The van der Waals surface area contributed by atoms with E-state index in [1.165, 1.54) is 23.1 Å². The highest BCUT2D eigenvalue weighted by atomic mass is 32.1. The zero-order valence-electron chi connectivity index (χ0n) is 12.6. The molecule has 0 saturated heterocycles. The summed E-state index contributed by atoms with van der Waals surface area (Å²) in [5.74, 6) is 1.04. The quantitative estimate of drug-likeness (QED) is 0.907. The zero-order chi connectivity index (χ0) is 15.0. The SMILES string of the molecule is CC(C)(C)C1CCc2sc(C(=O)Nc3ccon3)cc2C1. The van der Waals surface area contributed by atoms with E-state index >= 15 is 0 Å². The predicted octanol–water partition coefficient (Wildman–Crippen LogP) is 4.14. The minimum Gasteiger partial charge on any atom is -0.363 e. The summed E-state index contributed by atoms with van der Waals surface area (Å²) < 4.78 is 4.72. The van der Waals surface area contributed by atoms with E-state index in [9.17, 15) is 4.79 Å². The molecule has 0 bridgehead atoms. The van der Waals surface area contributed by atoms with Crippen molar-refractivity contribution in [1.29, 1.82) is 0 Å². The van der Waals surface area contributed by atoms with Crippen LogP contribution in [0.3, 0.4) is 0 Å². The second-order valence-corrected chi connectivity index (χ2v) is 7.84. The number of thiophene rings is 1. The number of hydrogen-bond donors (Lipinski definition) is 1. The first kappa shape index (κ1) is 14.3. The molecule has 0 spiro atoms. The zero-order valence-corrected chi connectivity index (χ0v) is 13.4. The van der Waals surface area contributed by atoms with Gasteiger partial charge in [0.15, 0.2) is 5.82 Å². The van der Waals surface area contributed by atoms with Crippen LogP contribution >= 0.6 is 11.3 Å². The van der Waals surface area contributed by atoms with Gasteiger partial charge < -0.3 is 9.84 Å². The Bertz CT molecular complexity index is 638. The van der Waals surface area contributed by atoms with Gasteiger partial charge in [-0.2, -0.15) is 0 Å². The van der Waals surface area contributed by atoms with Gasteiger partial charge in [0.2, 0.25) is 0 Å². The molecule has 0 radical (unpaired) electrons. The van der Waals surface area contributed by atoms with E-state index in [-0.39, 0.29) is 5.91 Å². The highest BCUT2D eigenvalue weighted by Gasteiger charge is 2.30. The maximum absolute atomic E-state index is 12.2. The fourth-order valence-electron chi connectivity index (χ4n) is 2.83. The van der Waals surface area contributed by atoms with Gasteiger partial charge in [0, 0.05) is 10.9 Å². The van der Waals surface area contributed by atoms with Crippen LogP contribution in [0.4, 0.5) is 5.82 Å². The molecule has 1 aliphatic carbocycles. The molecule has 3 rings (SSSR count). The van der Waals surface area contributed by atoms with Crippen LogP contribution in [-0.2, 0) is 12.8 Å². The van der Waals surface area contributed by atoms with Crippen LogP contribution in [0.5, 0.6) is 0 Å².